The van der Waals surface area contributed by atoms with E-state index in [0.29, 0.717) is 43.4 Å². The summed E-state index contributed by atoms with van der Waals surface area (Å²) in [5.74, 6) is -0.0429. The van der Waals surface area contributed by atoms with Gasteiger partial charge in [0.05, 0.1) is 35.6 Å². The van der Waals surface area contributed by atoms with Gasteiger partial charge in [-0.15, -0.1) is 0 Å². The number of ether oxygens (including phenoxy) is 2. The van der Waals surface area contributed by atoms with Crippen molar-refractivity contribution in [1.82, 2.24) is 9.13 Å². The number of allylic oxidation sites excluding steroid dienone is 1. The van der Waals surface area contributed by atoms with E-state index in [9.17, 15) is 14.9 Å². The van der Waals surface area contributed by atoms with Gasteiger partial charge >= 0.3 is 5.97 Å². The van der Waals surface area contributed by atoms with Crippen LogP contribution < -0.4 is 19.6 Å². The van der Waals surface area contributed by atoms with Crippen molar-refractivity contribution in [2.45, 2.75) is 39.3 Å². The molecule has 0 amide bonds. The van der Waals surface area contributed by atoms with Crippen LogP contribution in [0.1, 0.15) is 43.9 Å². The summed E-state index contributed by atoms with van der Waals surface area (Å²) >= 11 is 7.67. The van der Waals surface area contributed by atoms with Gasteiger partial charge in [-0.1, -0.05) is 54.5 Å². The number of nitrogens with zero attached hydrogens (tertiary/aromatic N) is 4. The molecule has 0 saturated carbocycles. The summed E-state index contributed by atoms with van der Waals surface area (Å²) < 4.78 is 15.0. The molecular weight excluding hydrogens is 548 g/mol. The first-order valence-electron chi connectivity index (χ1n) is 12.9. The second-order valence-electron chi connectivity index (χ2n) is 9.19. The second kappa shape index (κ2) is 11.5. The molecule has 0 radical (unpaired) electrons. The minimum atomic E-state index is -0.840. The van der Waals surface area contributed by atoms with Crippen LogP contribution in [0.2, 0.25) is 5.02 Å². The average molecular weight is 575 g/mol. The standard InChI is InChI=1S/C30H27ClN4O4S/c1-4-8-22-26(29(37)39-5-2)27(21-16-19(31)11-12-24(21)38-3)35-28(36)25(40-30(35)33-22)15-18-17-34(14-13-32)23-10-7-6-9-20(18)23/h6-7,9-12,15-17,27H,4-5,8,14H2,1-3H3/b25-15+/t27-/m1/s1. The quantitative estimate of drug-likeness (QED) is 0.284. The number of carbonyl (C=O) groups excluding carboxylic acids is 1. The molecule has 1 aliphatic rings. The number of para-hydroxylation sites is 1. The summed E-state index contributed by atoms with van der Waals surface area (Å²) in [6.07, 6.45) is 4.96. The van der Waals surface area contributed by atoms with Gasteiger partial charge < -0.3 is 14.0 Å². The Balaban J connectivity index is 1.81. The normalized spacial score (nSPS) is 15.1. The molecule has 0 fully saturated rings. The molecule has 3 heterocycles. The van der Waals surface area contributed by atoms with E-state index in [1.807, 2.05) is 48.0 Å². The van der Waals surface area contributed by atoms with Crippen LogP contribution in [-0.2, 0) is 16.1 Å². The number of aromatic nitrogens is 2. The second-order valence-corrected chi connectivity index (χ2v) is 10.6. The Kier molecular flexibility index (Phi) is 7.92. The number of nitriles is 1. The molecule has 0 saturated heterocycles. The molecule has 0 bridgehead atoms. The Morgan fingerprint density at radius 1 is 1.25 bits per heavy atom. The highest BCUT2D eigenvalue weighted by Gasteiger charge is 2.36. The Bertz CT molecular complexity index is 1880. The average Bonchev–Trinajstić information content (AvgIpc) is 3.45. The number of halogens is 1. The van der Waals surface area contributed by atoms with Gasteiger partial charge in [-0.3, -0.25) is 9.36 Å². The number of thiazole rings is 1. The Labute approximate surface area is 239 Å². The van der Waals surface area contributed by atoms with E-state index >= 15 is 0 Å². The largest absolute Gasteiger partial charge is 0.496 e. The van der Waals surface area contributed by atoms with Gasteiger partial charge in [-0.05, 0) is 43.7 Å². The fraction of sp³-hybridized carbons (Fsp3) is 0.267. The Morgan fingerprint density at radius 3 is 2.77 bits per heavy atom. The van der Waals surface area contributed by atoms with Crippen LogP contribution in [0.25, 0.3) is 17.0 Å². The molecule has 10 heteroatoms. The smallest absolute Gasteiger partial charge is 0.338 e. The van der Waals surface area contributed by atoms with Crippen LogP contribution in [-0.4, -0.2) is 28.8 Å². The SMILES string of the molecule is CCCC1=C(C(=O)OCC)[C@@H](c2cc(Cl)ccc2OC)n2c(s/c(=C/c3cn(CC#N)c4ccccc34)c2=O)=N1. The first kappa shape index (κ1) is 27.4. The lowest BCUT2D eigenvalue weighted by Crippen LogP contribution is -2.40. The van der Waals surface area contributed by atoms with Gasteiger partial charge in [-0.2, -0.15) is 5.26 Å². The summed E-state index contributed by atoms with van der Waals surface area (Å²) in [4.78, 5) is 32.8. The molecule has 1 atom stereocenters. The number of rotatable bonds is 8. The van der Waals surface area contributed by atoms with Crippen molar-refractivity contribution in [3.63, 3.8) is 0 Å². The first-order chi connectivity index (χ1) is 19.4. The van der Waals surface area contributed by atoms with Gasteiger partial charge in [-0.25, -0.2) is 9.79 Å². The highest BCUT2D eigenvalue weighted by Crippen LogP contribution is 2.38. The van der Waals surface area contributed by atoms with Crippen LogP contribution in [0.3, 0.4) is 0 Å². The highest BCUT2D eigenvalue weighted by molar-refractivity contribution is 7.07. The molecule has 0 aliphatic carbocycles. The monoisotopic (exact) mass is 574 g/mol. The van der Waals surface area contributed by atoms with Gasteiger partial charge in [0.25, 0.3) is 5.56 Å². The zero-order valence-electron chi connectivity index (χ0n) is 22.3. The Morgan fingerprint density at radius 2 is 2.05 bits per heavy atom. The first-order valence-corrected chi connectivity index (χ1v) is 14.1. The van der Waals surface area contributed by atoms with Crippen LogP contribution in [0.5, 0.6) is 5.75 Å². The summed E-state index contributed by atoms with van der Waals surface area (Å²) in [7, 11) is 1.54. The highest BCUT2D eigenvalue weighted by atomic mass is 35.5. The third-order valence-corrected chi connectivity index (χ3v) is 7.94. The topological polar surface area (TPSA) is 98.6 Å². The molecule has 0 unspecified atom stereocenters. The van der Waals surface area contributed by atoms with Crippen LogP contribution >= 0.6 is 22.9 Å². The van der Waals surface area contributed by atoms with Gasteiger partial charge in [0.15, 0.2) is 4.80 Å². The molecule has 40 heavy (non-hydrogen) atoms. The fourth-order valence-corrected chi connectivity index (χ4v) is 6.26. The molecule has 2 aromatic heterocycles. The number of methoxy groups -OCH3 is 1. The van der Waals surface area contributed by atoms with Crippen LogP contribution in [0, 0.1) is 11.3 Å². The number of esters is 1. The lowest BCUT2D eigenvalue weighted by molar-refractivity contribution is -0.139. The minimum Gasteiger partial charge on any atom is -0.496 e. The van der Waals surface area contributed by atoms with Crippen molar-refractivity contribution in [1.29, 1.82) is 5.26 Å². The number of fused-ring (bicyclic) bond motifs is 2. The van der Waals surface area contributed by atoms with E-state index in [1.54, 1.807) is 25.1 Å². The van der Waals surface area contributed by atoms with Crippen LogP contribution in [0.4, 0.5) is 0 Å². The van der Waals surface area contributed by atoms with Gasteiger partial charge in [0, 0.05) is 33.2 Å². The number of hydrogen-bond acceptors (Lipinski definition) is 7. The van der Waals surface area contributed by atoms with Crippen molar-refractivity contribution in [2.24, 2.45) is 4.99 Å². The molecule has 2 aromatic carbocycles. The molecule has 8 nitrogen and oxygen atoms in total. The van der Waals surface area contributed by atoms with Crippen molar-refractivity contribution in [3.8, 4) is 11.8 Å². The van der Waals surface area contributed by atoms with Gasteiger partial charge in [0.2, 0.25) is 0 Å². The van der Waals surface area contributed by atoms with E-state index in [1.165, 1.54) is 23.0 Å². The maximum absolute atomic E-state index is 14.1. The number of carbonyl (C=O) groups is 1. The molecule has 0 N–H and O–H groups in total. The molecule has 4 aromatic rings. The molecule has 204 valence electrons. The Hall–Kier alpha value is -4.13. The fourth-order valence-electron chi connectivity index (χ4n) is 5.07. The summed E-state index contributed by atoms with van der Waals surface area (Å²) in [5, 5.41) is 10.7. The zero-order chi connectivity index (χ0) is 28.4. The van der Waals surface area contributed by atoms with E-state index in [4.69, 9.17) is 26.1 Å². The predicted octanol–water partition coefficient (Wildman–Crippen LogP) is 4.72. The molecule has 0 spiro atoms. The van der Waals surface area contributed by atoms with Crippen molar-refractivity contribution < 1.29 is 14.3 Å². The molecular formula is C30H27ClN4O4S. The number of benzene rings is 2. The van der Waals surface area contributed by atoms with Gasteiger partial charge in [0.1, 0.15) is 18.3 Å². The van der Waals surface area contributed by atoms with E-state index < -0.39 is 12.0 Å². The van der Waals surface area contributed by atoms with Crippen molar-refractivity contribution >= 4 is 45.9 Å². The summed E-state index contributed by atoms with van der Waals surface area (Å²) in [6, 6.07) is 14.2. The molecule has 1 aliphatic heterocycles. The lowest BCUT2D eigenvalue weighted by Gasteiger charge is -2.27. The van der Waals surface area contributed by atoms with Crippen molar-refractivity contribution in [3.05, 3.63) is 95.8 Å². The summed E-state index contributed by atoms with van der Waals surface area (Å²) in [6.45, 7) is 4.11. The van der Waals surface area contributed by atoms with E-state index in [-0.39, 0.29) is 18.7 Å². The van der Waals surface area contributed by atoms with E-state index in [2.05, 4.69) is 6.07 Å². The van der Waals surface area contributed by atoms with Crippen LogP contribution in [0.15, 0.2) is 69.7 Å². The van der Waals surface area contributed by atoms with Crippen molar-refractivity contribution in [2.75, 3.05) is 13.7 Å². The minimum absolute atomic E-state index is 0.179. The van der Waals surface area contributed by atoms with E-state index in [0.717, 1.165) is 22.9 Å². The maximum Gasteiger partial charge on any atom is 0.338 e. The lowest BCUT2D eigenvalue weighted by atomic mass is 9.93. The maximum atomic E-state index is 14.1. The predicted molar refractivity (Wildman–Crippen MR) is 155 cm³/mol. The molecule has 5 rings (SSSR count). The number of hydrogen-bond donors (Lipinski definition) is 0. The summed E-state index contributed by atoms with van der Waals surface area (Å²) in [5.41, 5.74) is 2.86. The zero-order valence-corrected chi connectivity index (χ0v) is 23.9. The third kappa shape index (κ3) is 4.85. The third-order valence-electron chi connectivity index (χ3n) is 6.73.